The Labute approximate surface area is 165 Å². The molecule has 0 saturated carbocycles. The predicted octanol–water partition coefficient (Wildman–Crippen LogP) is 2.92. The second-order valence-corrected chi connectivity index (χ2v) is 7.15. The Morgan fingerprint density at radius 3 is 2.79 bits per heavy atom. The van der Waals surface area contributed by atoms with Gasteiger partial charge in [0, 0.05) is 5.56 Å². The Balaban J connectivity index is 1.46. The van der Waals surface area contributed by atoms with Crippen LogP contribution in [0.25, 0.3) is 0 Å². The maximum Gasteiger partial charge on any atom is 0.326 e. The van der Waals surface area contributed by atoms with Crippen LogP contribution in [0.1, 0.15) is 23.1 Å². The standard InChI is InChI=1S/C20H16ClFN2O4/c21-15-6-3-7-16(22)13(15)11-28-17(25)10-24-18(26)20(23-19(24)27)9-8-12-4-1-2-5-14(12)20/h1-7H,8-11H2,(H,23,27)/t20-/m0/s1. The average Bonchev–Trinajstić information content (AvgIpc) is 3.15. The van der Waals surface area contributed by atoms with Gasteiger partial charge in [0.05, 0.1) is 5.02 Å². The summed E-state index contributed by atoms with van der Waals surface area (Å²) in [5.74, 6) is -1.91. The van der Waals surface area contributed by atoms with E-state index >= 15 is 0 Å². The number of amides is 3. The van der Waals surface area contributed by atoms with E-state index in [4.69, 9.17) is 16.3 Å². The first kappa shape index (κ1) is 18.4. The topological polar surface area (TPSA) is 75.7 Å². The Hall–Kier alpha value is -2.93. The quantitative estimate of drug-likeness (QED) is 0.630. The van der Waals surface area contributed by atoms with Gasteiger partial charge in [-0.3, -0.25) is 14.5 Å². The normalized spacial score (nSPS) is 20.4. The molecule has 0 radical (unpaired) electrons. The number of carbonyl (C=O) groups is 3. The highest BCUT2D eigenvalue weighted by Gasteiger charge is 2.55. The number of esters is 1. The van der Waals surface area contributed by atoms with Gasteiger partial charge in [-0.25, -0.2) is 9.18 Å². The number of halogens is 2. The molecule has 144 valence electrons. The first-order valence-corrected chi connectivity index (χ1v) is 9.11. The number of ether oxygens (including phenoxy) is 1. The highest BCUT2D eigenvalue weighted by molar-refractivity contribution is 6.31. The Morgan fingerprint density at radius 2 is 2.00 bits per heavy atom. The number of urea groups is 1. The number of hydrogen-bond donors (Lipinski definition) is 1. The van der Waals surface area contributed by atoms with Crippen LogP contribution in [0.15, 0.2) is 42.5 Å². The van der Waals surface area contributed by atoms with Crippen LogP contribution in [0.3, 0.4) is 0 Å². The minimum Gasteiger partial charge on any atom is -0.459 e. The second-order valence-electron chi connectivity index (χ2n) is 6.74. The molecule has 0 unspecified atom stereocenters. The van der Waals surface area contributed by atoms with Gasteiger partial charge in [-0.05, 0) is 36.1 Å². The number of nitrogens with zero attached hydrogens (tertiary/aromatic N) is 1. The number of hydrogen-bond acceptors (Lipinski definition) is 4. The third-order valence-electron chi connectivity index (χ3n) is 5.15. The molecule has 1 fully saturated rings. The van der Waals surface area contributed by atoms with Gasteiger partial charge in [0.2, 0.25) is 0 Å². The van der Waals surface area contributed by atoms with Gasteiger partial charge in [-0.2, -0.15) is 0 Å². The molecule has 3 amide bonds. The molecule has 0 bridgehead atoms. The zero-order chi connectivity index (χ0) is 19.9. The van der Waals surface area contributed by atoms with Gasteiger partial charge >= 0.3 is 12.0 Å². The van der Waals surface area contributed by atoms with E-state index in [0.717, 1.165) is 16.0 Å². The van der Waals surface area contributed by atoms with E-state index in [1.807, 2.05) is 18.2 Å². The summed E-state index contributed by atoms with van der Waals surface area (Å²) >= 11 is 5.90. The predicted molar refractivity (Wildman–Crippen MR) is 97.9 cm³/mol. The fraction of sp³-hybridized carbons (Fsp3) is 0.250. The SMILES string of the molecule is O=C(CN1C(=O)N[C@]2(CCc3ccccc32)C1=O)OCc1c(F)cccc1Cl. The lowest BCUT2D eigenvalue weighted by molar-refractivity contribution is -0.149. The summed E-state index contributed by atoms with van der Waals surface area (Å²) in [4.78, 5) is 38.4. The van der Waals surface area contributed by atoms with Crippen molar-refractivity contribution < 1.29 is 23.5 Å². The van der Waals surface area contributed by atoms with E-state index in [-0.39, 0.29) is 17.2 Å². The van der Waals surface area contributed by atoms with Crippen molar-refractivity contribution in [3.8, 4) is 0 Å². The van der Waals surface area contributed by atoms with E-state index in [0.29, 0.717) is 12.8 Å². The molecule has 1 N–H and O–H groups in total. The number of fused-ring (bicyclic) bond motifs is 2. The molecule has 2 aromatic carbocycles. The van der Waals surface area contributed by atoms with Gasteiger partial charge in [0.25, 0.3) is 5.91 Å². The molecular weight excluding hydrogens is 387 g/mol. The number of nitrogens with one attached hydrogen (secondary N) is 1. The molecule has 4 rings (SSSR count). The summed E-state index contributed by atoms with van der Waals surface area (Å²) in [7, 11) is 0. The van der Waals surface area contributed by atoms with Crippen molar-refractivity contribution in [2.45, 2.75) is 25.0 Å². The molecule has 1 heterocycles. The molecular formula is C20H16ClFN2O4. The zero-order valence-electron chi connectivity index (χ0n) is 14.7. The Bertz CT molecular complexity index is 976. The van der Waals surface area contributed by atoms with Crippen molar-refractivity contribution in [3.05, 3.63) is 70.0 Å². The van der Waals surface area contributed by atoms with Crippen LogP contribution in [0.5, 0.6) is 0 Å². The minimum absolute atomic E-state index is 0.0379. The lowest BCUT2D eigenvalue weighted by atomic mass is 9.92. The number of benzene rings is 2. The number of imide groups is 1. The van der Waals surface area contributed by atoms with E-state index < -0.39 is 35.8 Å². The van der Waals surface area contributed by atoms with Gasteiger partial charge in [0.15, 0.2) is 0 Å². The van der Waals surface area contributed by atoms with E-state index in [1.165, 1.54) is 18.2 Å². The fourth-order valence-corrected chi connectivity index (χ4v) is 3.95. The monoisotopic (exact) mass is 402 g/mol. The molecule has 1 saturated heterocycles. The van der Waals surface area contributed by atoms with Crippen LogP contribution >= 0.6 is 11.6 Å². The molecule has 0 aromatic heterocycles. The fourth-order valence-electron chi connectivity index (χ4n) is 3.73. The van der Waals surface area contributed by atoms with Crippen molar-refractivity contribution >= 4 is 29.5 Å². The molecule has 1 aliphatic carbocycles. The summed E-state index contributed by atoms with van der Waals surface area (Å²) in [5, 5.41) is 2.86. The molecule has 6 nitrogen and oxygen atoms in total. The van der Waals surface area contributed by atoms with E-state index in [2.05, 4.69) is 5.32 Å². The van der Waals surface area contributed by atoms with Gasteiger partial charge < -0.3 is 10.1 Å². The largest absolute Gasteiger partial charge is 0.459 e. The van der Waals surface area contributed by atoms with Crippen LogP contribution in [-0.4, -0.2) is 29.4 Å². The zero-order valence-corrected chi connectivity index (χ0v) is 15.5. The maximum atomic E-state index is 13.8. The van der Waals surface area contributed by atoms with Crippen LogP contribution in [0.2, 0.25) is 5.02 Å². The average molecular weight is 403 g/mol. The van der Waals surface area contributed by atoms with Crippen LogP contribution < -0.4 is 5.32 Å². The molecule has 8 heteroatoms. The summed E-state index contributed by atoms with van der Waals surface area (Å²) in [5.41, 5.74) is 0.649. The summed E-state index contributed by atoms with van der Waals surface area (Å²) < 4.78 is 18.8. The minimum atomic E-state index is -1.14. The summed E-state index contributed by atoms with van der Waals surface area (Å²) in [6.07, 6.45) is 1.10. The van der Waals surface area contributed by atoms with Gasteiger partial charge in [-0.1, -0.05) is 41.9 Å². The van der Waals surface area contributed by atoms with Crippen LogP contribution in [-0.2, 0) is 32.9 Å². The van der Waals surface area contributed by atoms with E-state index in [9.17, 15) is 18.8 Å². The highest BCUT2D eigenvalue weighted by Crippen LogP contribution is 2.41. The first-order valence-electron chi connectivity index (χ1n) is 8.73. The third-order valence-corrected chi connectivity index (χ3v) is 5.50. The second kappa shape index (κ2) is 6.91. The molecule has 1 atom stereocenters. The van der Waals surface area contributed by atoms with Crippen LogP contribution in [0, 0.1) is 5.82 Å². The van der Waals surface area contributed by atoms with Crippen LogP contribution in [0.4, 0.5) is 9.18 Å². The molecule has 1 spiro atoms. The maximum absolute atomic E-state index is 13.8. The lowest BCUT2D eigenvalue weighted by Gasteiger charge is -2.22. The molecule has 1 aliphatic heterocycles. The van der Waals surface area contributed by atoms with Crippen molar-refractivity contribution in [1.82, 2.24) is 10.2 Å². The first-order chi connectivity index (χ1) is 13.4. The molecule has 2 aliphatic rings. The van der Waals surface area contributed by atoms with Crippen molar-refractivity contribution in [3.63, 3.8) is 0 Å². The van der Waals surface area contributed by atoms with Crippen molar-refractivity contribution in [2.24, 2.45) is 0 Å². The lowest BCUT2D eigenvalue weighted by Crippen LogP contribution is -2.42. The van der Waals surface area contributed by atoms with Crippen molar-refractivity contribution in [2.75, 3.05) is 6.54 Å². The van der Waals surface area contributed by atoms with E-state index in [1.54, 1.807) is 6.07 Å². The Morgan fingerprint density at radius 1 is 1.21 bits per heavy atom. The highest BCUT2D eigenvalue weighted by atomic mass is 35.5. The Kier molecular flexibility index (Phi) is 4.55. The molecule has 2 aromatic rings. The number of rotatable bonds is 4. The number of carbonyl (C=O) groups excluding carboxylic acids is 3. The van der Waals surface area contributed by atoms with Crippen molar-refractivity contribution in [1.29, 1.82) is 0 Å². The smallest absolute Gasteiger partial charge is 0.326 e. The van der Waals surface area contributed by atoms with Gasteiger partial charge in [-0.15, -0.1) is 0 Å². The molecule has 28 heavy (non-hydrogen) atoms. The third kappa shape index (κ3) is 2.92. The number of aryl methyl sites for hydroxylation is 1. The summed E-state index contributed by atoms with van der Waals surface area (Å²) in [6.45, 7) is -0.942. The van der Waals surface area contributed by atoms with Gasteiger partial charge in [0.1, 0.15) is 24.5 Å². The summed E-state index contributed by atoms with van der Waals surface area (Å²) in [6, 6.07) is 10.9.